The van der Waals surface area contributed by atoms with Crippen LogP contribution >= 0.6 is 0 Å². The summed E-state index contributed by atoms with van der Waals surface area (Å²) in [5.41, 5.74) is 6.55. The molecule has 4 rings (SSSR count). The third kappa shape index (κ3) is 4.55. The first-order chi connectivity index (χ1) is 18.1. The zero-order valence-electron chi connectivity index (χ0n) is 23.3. The Bertz CT molecular complexity index is 1420. The van der Waals surface area contributed by atoms with E-state index in [2.05, 4.69) is 18.7 Å². The number of ether oxygens (including phenoxy) is 1. The maximum atomic E-state index is 13.7. The summed E-state index contributed by atoms with van der Waals surface area (Å²) in [6.07, 6.45) is 0. The van der Waals surface area contributed by atoms with Gasteiger partial charge in [-0.1, -0.05) is 30.3 Å². The minimum absolute atomic E-state index is 0.0507. The topological polar surface area (TPSA) is 70.1 Å². The predicted molar refractivity (Wildman–Crippen MR) is 153 cm³/mol. The quantitative estimate of drug-likeness (QED) is 0.225. The van der Waals surface area contributed by atoms with Crippen molar-refractivity contribution < 1.29 is 19.4 Å². The third-order valence-corrected chi connectivity index (χ3v) is 7.50. The Hall–Kier alpha value is -4.06. The molecule has 3 aromatic carbocycles. The molecule has 1 fully saturated rings. The number of anilines is 2. The van der Waals surface area contributed by atoms with E-state index >= 15 is 0 Å². The SMILES string of the molecule is CCN(CC)c1ccc(C2/C(=C(\O)c3cc(C)cc(C)c3OC)C(=O)C(=O)N2c2cccc(C)c2C)cc1. The Morgan fingerprint density at radius 2 is 1.61 bits per heavy atom. The molecule has 0 radical (unpaired) electrons. The number of aliphatic hydroxyl groups is 1. The van der Waals surface area contributed by atoms with E-state index < -0.39 is 17.7 Å². The number of carbonyl (C=O) groups is 2. The monoisotopic (exact) mass is 512 g/mol. The maximum absolute atomic E-state index is 13.7. The van der Waals surface area contributed by atoms with Crippen LogP contribution in [0.2, 0.25) is 0 Å². The number of benzene rings is 3. The fourth-order valence-corrected chi connectivity index (χ4v) is 5.40. The van der Waals surface area contributed by atoms with Gasteiger partial charge in [0, 0.05) is 24.5 Å². The van der Waals surface area contributed by atoms with Crippen LogP contribution in [0.1, 0.15) is 53.3 Å². The van der Waals surface area contributed by atoms with Gasteiger partial charge in [-0.2, -0.15) is 0 Å². The predicted octanol–water partition coefficient (Wildman–Crippen LogP) is 6.40. The van der Waals surface area contributed by atoms with E-state index in [4.69, 9.17) is 4.74 Å². The minimum Gasteiger partial charge on any atom is -0.507 e. The van der Waals surface area contributed by atoms with Crippen molar-refractivity contribution in [3.63, 3.8) is 0 Å². The van der Waals surface area contributed by atoms with Crippen molar-refractivity contribution in [3.8, 4) is 5.75 Å². The average molecular weight is 513 g/mol. The largest absolute Gasteiger partial charge is 0.507 e. The molecule has 0 aliphatic carbocycles. The van der Waals surface area contributed by atoms with Gasteiger partial charge in [-0.05, 0) is 93.6 Å². The molecule has 0 saturated carbocycles. The van der Waals surface area contributed by atoms with Gasteiger partial charge >= 0.3 is 0 Å². The van der Waals surface area contributed by atoms with Crippen LogP contribution in [0.5, 0.6) is 5.75 Å². The Morgan fingerprint density at radius 3 is 2.21 bits per heavy atom. The summed E-state index contributed by atoms with van der Waals surface area (Å²) in [7, 11) is 1.53. The highest BCUT2D eigenvalue weighted by molar-refractivity contribution is 6.51. The van der Waals surface area contributed by atoms with Gasteiger partial charge in [0.25, 0.3) is 11.7 Å². The van der Waals surface area contributed by atoms with Crippen LogP contribution < -0.4 is 14.5 Å². The van der Waals surface area contributed by atoms with Crippen LogP contribution in [-0.4, -0.2) is 37.0 Å². The van der Waals surface area contributed by atoms with E-state index in [1.165, 1.54) is 12.0 Å². The van der Waals surface area contributed by atoms with E-state index in [9.17, 15) is 14.7 Å². The molecule has 198 valence electrons. The van der Waals surface area contributed by atoms with Gasteiger partial charge in [-0.25, -0.2) is 0 Å². The number of carbonyl (C=O) groups excluding carboxylic acids is 2. The maximum Gasteiger partial charge on any atom is 0.300 e. The Morgan fingerprint density at radius 1 is 0.947 bits per heavy atom. The number of nitrogens with zero attached hydrogens (tertiary/aromatic N) is 2. The first-order valence-electron chi connectivity index (χ1n) is 13.0. The van der Waals surface area contributed by atoms with Gasteiger partial charge in [-0.3, -0.25) is 14.5 Å². The fraction of sp³-hybridized carbons (Fsp3) is 0.312. The first-order valence-corrected chi connectivity index (χ1v) is 13.0. The molecule has 1 aliphatic rings. The average Bonchev–Trinajstić information content (AvgIpc) is 3.16. The number of amides is 1. The highest BCUT2D eigenvalue weighted by atomic mass is 16.5. The zero-order valence-corrected chi connectivity index (χ0v) is 23.3. The van der Waals surface area contributed by atoms with Crippen molar-refractivity contribution in [1.29, 1.82) is 0 Å². The normalized spacial score (nSPS) is 16.7. The molecule has 6 heteroatoms. The van der Waals surface area contributed by atoms with Crippen LogP contribution in [-0.2, 0) is 9.59 Å². The number of rotatable bonds is 7. The molecule has 38 heavy (non-hydrogen) atoms. The van der Waals surface area contributed by atoms with Gasteiger partial charge in [0.1, 0.15) is 11.5 Å². The number of methoxy groups -OCH3 is 1. The van der Waals surface area contributed by atoms with Crippen molar-refractivity contribution in [2.75, 3.05) is 30.0 Å². The molecule has 1 heterocycles. The number of aryl methyl sites for hydroxylation is 3. The summed E-state index contributed by atoms with van der Waals surface area (Å²) in [5.74, 6) is -1.15. The van der Waals surface area contributed by atoms with Gasteiger partial charge < -0.3 is 14.7 Å². The van der Waals surface area contributed by atoms with Crippen molar-refractivity contribution in [2.24, 2.45) is 0 Å². The molecule has 1 saturated heterocycles. The lowest BCUT2D eigenvalue weighted by Gasteiger charge is -2.28. The van der Waals surface area contributed by atoms with Crippen LogP contribution in [0, 0.1) is 27.7 Å². The van der Waals surface area contributed by atoms with Gasteiger partial charge in [0.15, 0.2) is 0 Å². The third-order valence-electron chi connectivity index (χ3n) is 7.50. The summed E-state index contributed by atoms with van der Waals surface area (Å²) in [6.45, 7) is 13.7. The summed E-state index contributed by atoms with van der Waals surface area (Å²) in [6, 6.07) is 16.5. The van der Waals surface area contributed by atoms with Gasteiger partial charge in [-0.15, -0.1) is 0 Å². The van der Waals surface area contributed by atoms with Crippen LogP contribution in [0.3, 0.4) is 0 Å². The molecule has 3 aromatic rings. The van der Waals surface area contributed by atoms with Crippen LogP contribution in [0.25, 0.3) is 5.76 Å². The molecule has 0 bridgehead atoms. The van der Waals surface area contributed by atoms with Crippen molar-refractivity contribution in [3.05, 3.63) is 93.6 Å². The highest BCUT2D eigenvalue weighted by Gasteiger charge is 2.47. The minimum atomic E-state index is -0.799. The molecule has 1 atom stereocenters. The summed E-state index contributed by atoms with van der Waals surface area (Å²) >= 11 is 0. The summed E-state index contributed by atoms with van der Waals surface area (Å²) < 4.78 is 5.62. The molecule has 1 aliphatic heterocycles. The number of hydrogen-bond acceptors (Lipinski definition) is 5. The van der Waals surface area contributed by atoms with E-state index in [1.807, 2.05) is 76.2 Å². The second kappa shape index (κ2) is 10.7. The van der Waals surface area contributed by atoms with Gasteiger partial charge in [0.2, 0.25) is 0 Å². The van der Waals surface area contributed by atoms with E-state index in [1.54, 1.807) is 6.07 Å². The van der Waals surface area contributed by atoms with Gasteiger partial charge in [0.05, 0.1) is 24.3 Å². The molecule has 1 N–H and O–H groups in total. The van der Waals surface area contributed by atoms with Crippen molar-refractivity contribution in [2.45, 2.75) is 47.6 Å². The molecule has 1 unspecified atom stereocenters. The molecule has 0 aromatic heterocycles. The molecule has 0 spiro atoms. The van der Waals surface area contributed by atoms with Crippen LogP contribution in [0.15, 0.2) is 60.2 Å². The Kier molecular flexibility index (Phi) is 7.63. The lowest BCUT2D eigenvalue weighted by atomic mass is 9.93. The van der Waals surface area contributed by atoms with Crippen molar-refractivity contribution >= 4 is 28.8 Å². The number of hydrogen-bond donors (Lipinski definition) is 1. The lowest BCUT2D eigenvalue weighted by Crippen LogP contribution is -2.30. The van der Waals surface area contributed by atoms with Crippen molar-refractivity contribution in [1.82, 2.24) is 0 Å². The second-order valence-electron chi connectivity index (χ2n) is 9.81. The summed E-state index contributed by atoms with van der Waals surface area (Å²) in [5, 5.41) is 11.7. The number of Topliss-reactive ketones (excluding diaryl/α,β-unsaturated/α-hetero) is 1. The molecular weight excluding hydrogens is 476 g/mol. The molecule has 6 nitrogen and oxygen atoms in total. The van der Waals surface area contributed by atoms with E-state index in [0.29, 0.717) is 17.0 Å². The number of ketones is 1. The second-order valence-corrected chi connectivity index (χ2v) is 9.81. The molecular formula is C32H36N2O4. The Labute approximate surface area is 225 Å². The van der Waals surface area contributed by atoms with E-state index in [-0.39, 0.29) is 11.3 Å². The Balaban J connectivity index is 2.00. The lowest BCUT2D eigenvalue weighted by molar-refractivity contribution is -0.132. The fourth-order valence-electron chi connectivity index (χ4n) is 5.40. The van der Waals surface area contributed by atoms with E-state index in [0.717, 1.165) is 46.6 Å². The molecule has 1 amide bonds. The highest BCUT2D eigenvalue weighted by Crippen LogP contribution is 2.45. The number of aliphatic hydroxyl groups excluding tert-OH is 1. The van der Waals surface area contributed by atoms with Crippen LogP contribution in [0.4, 0.5) is 11.4 Å². The summed E-state index contributed by atoms with van der Waals surface area (Å²) in [4.78, 5) is 31.1. The zero-order chi connectivity index (χ0) is 27.7. The first kappa shape index (κ1) is 27.0. The standard InChI is InChI=1S/C32H36N2O4/c1-8-33(9-2)24-15-13-23(14-16-24)28-27(29(35)25-18-19(3)17-21(5)31(25)38-7)30(36)32(37)34(28)26-12-10-11-20(4)22(26)6/h10-18,28,35H,8-9H2,1-7H3/b29-27+. The smallest absolute Gasteiger partial charge is 0.300 e.